The number of nitriles is 2. The lowest BCUT2D eigenvalue weighted by atomic mass is 9.91. The maximum absolute atomic E-state index is 10.2. The molecule has 0 spiro atoms. The van der Waals surface area contributed by atoms with Crippen molar-refractivity contribution in [1.82, 2.24) is 4.57 Å². The lowest BCUT2D eigenvalue weighted by molar-refractivity contribution is 1.18. The van der Waals surface area contributed by atoms with Crippen molar-refractivity contribution in [1.29, 1.82) is 10.5 Å². The fourth-order valence-electron chi connectivity index (χ4n) is 5.81. The quantitative estimate of drug-likeness (QED) is 0.232. The van der Waals surface area contributed by atoms with Crippen molar-refractivity contribution in [3.05, 3.63) is 151 Å². The highest BCUT2D eigenvalue weighted by atomic mass is 15.0. The molecule has 7 aromatic rings. The van der Waals surface area contributed by atoms with E-state index in [9.17, 15) is 10.5 Å². The highest BCUT2D eigenvalue weighted by molar-refractivity contribution is 6.09. The largest absolute Gasteiger partial charge is 0.309 e. The lowest BCUT2D eigenvalue weighted by Crippen LogP contribution is -1.96. The summed E-state index contributed by atoms with van der Waals surface area (Å²) in [5.74, 6) is 0. The summed E-state index contributed by atoms with van der Waals surface area (Å²) < 4.78 is 2.23. The van der Waals surface area contributed by atoms with Crippen LogP contribution in [0.25, 0.3) is 60.9 Å². The van der Waals surface area contributed by atoms with E-state index in [0.717, 1.165) is 50.1 Å². The first kappa shape index (κ1) is 24.2. The minimum absolute atomic E-state index is 0.591. The summed E-state index contributed by atoms with van der Waals surface area (Å²) in [6.45, 7) is 0. The SMILES string of the molecule is N#Cc1cc(-c2cccc(-c3cccc(-c4ccccc4)c3C#N)c2)cc(-n2c3ccccc3c3ccccc32)c1. The molecule has 6 aromatic carbocycles. The Kier molecular flexibility index (Phi) is 5.90. The van der Waals surface area contributed by atoms with Crippen molar-refractivity contribution in [2.45, 2.75) is 0 Å². The van der Waals surface area contributed by atoms with Crippen molar-refractivity contribution in [2.24, 2.45) is 0 Å². The number of fused-ring (bicyclic) bond motifs is 3. The van der Waals surface area contributed by atoms with E-state index in [-0.39, 0.29) is 0 Å². The van der Waals surface area contributed by atoms with Crippen LogP contribution in [0.15, 0.2) is 140 Å². The summed E-state index contributed by atoms with van der Waals surface area (Å²) in [5, 5.41) is 22.6. The van der Waals surface area contributed by atoms with Crippen molar-refractivity contribution in [3.63, 3.8) is 0 Å². The molecule has 0 N–H and O–H groups in total. The van der Waals surface area contributed by atoms with Crippen LogP contribution in [-0.2, 0) is 0 Å². The van der Waals surface area contributed by atoms with Gasteiger partial charge in [-0.1, -0.05) is 103 Å². The molecule has 0 saturated heterocycles. The van der Waals surface area contributed by atoms with E-state index >= 15 is 0 Å². The van der Waals surface area contributed by atoms with E-state index in [2.05, 4.69) is 71.3 Å². The van der Waals surface area contributed by atoms with Gasteiger partial charge in [0.1, 0.15) is 6.07 Å². The predicted octanol–water partition coefficient (Wildman–Crippen LogP) is 9.53. The fraction of sp³-hybridized carbons (Fsp3) is 0. The third-order valence-electron chi connectivity index (χ3n) is 7.65. The third-order valence-corrected chi connectivity index (χ3v) is 7.65. The van der Waals surface area contributed by atoms with Crippen LogP contribution in [0.3, 0.4) is 0 Å². The molecule has 7 rings (SSSR count). The fourth-order valence-corrected chi connectivity index (χ4v) is 5.81. The molecule has 0 unspecified atom stereocenters. The molecule has 3 heteroatoms. The minimum Gasteiger partial charge on any atom is -0.309 e. The summed E-state index contributed by atoms with van der Waals surface area (Å²) >= 11 is 0. The number of rotatable bonds is 4. The van der Waals surface area contributed by atoms with Gasteiger partial charge in [0.25, 0.3) is 0 Å². The van der Waals surface area contributed by atoms with E-state index in [1.165, 1.54) is 10.8 Å². The van der Waals surface area contributed by atoms with Gasteiger partial charge in [0.2, 0.25) is 0 Å². The minimum atomic E-state index is 0.591. The standard InChI is InChI=1S/C38H23N3/c39-24-26-20-30(23-31(21-26)41-37-18-6-4-14-34(37)35-15-5-7-19-38(35)41)28-12-8-13-29(22-28)33-17-9-16-32(36(33)25-40)27-10-2-1-3-11-27/h1-23H. The molecular weight excluding hydrogens is 498 g/mol. The topological polar surface area (TPSA) is 52.5 Å². The van der Waals surface area contributed by atoms with Crippen LogP contribution < -0.4 is 0 Å². The number of para-hydroxylation sites is 2. The molecule has 0 saturated carbocycles. The van der Waals surface area contributed by atoms with Crippen LogP contribution in [0.4, 0.5) is 0 Å². The average molecular weight is 522 g/mol. The molecule has 3 nitrogen and oxygen atoms in total. The van der Waals surface area contributed by atoms with E-state index in [0.29, 0.717) is 11.1 Å². The molecule has 190 valence electrons. The number of benzene rings is 6. The van der Waals surface area contributed by atoms with Crippen LogP contribution in [0.2, 0.25) is 0 Å². The number of aromatic nitrogens is 1. The molecule has 1 aromatic heterocycles. The van der Waals surface area contributed by atoms with Gasteiger partial charge in [-0.05, 0) is 58.7 Å². The molecule has 1 heterocycles. The Bertz CT molecular complexity index is 2120. The molecular formula is C38H23N3. The molecule has 0 amide bonds. The predicted molar refractivity (Wildman–Crippen MR) is 167 cm³/mol. The second-order valence-corrected chi connectivity index (χ2v) is 10.0. The molecule has 0 fully saturated rings. The normalized spacial score (nSPS) is 10.9. The Morgan fingerprint density at radius 3 is 1.71 bits per heavy atom. The molecule has 0 aliphatic rings. The molecule has 0 aliphatic heterocycles. The van der Waals surface area contributed by atoms with E-state index in [1.807, 2.05) is 84.9 Å². The molecule has 0 atom stereocenters. The number of hydrogen-bond donors (Lipinski definition) is 0. The van der Waals surface area contributed by atoms with Crippen LogP contribution in [0, 0.1) is 22.7 Å². The average Bonchev–Trinajstić information content (AvgIpc) is 3.39. The number of hydrogen-bond acceptors (Lipinski definition) is 2. The van der Waals surface area contributed by atoms with Gasteiger partial charge in [-0.15, -0.1) is 0 Å². The lowest BCUT2D eigenvalue weighted by Gasteiger charge is -2.13. The van der Waals surface area contributed by atoms with Crippen LogP contribution >= 0.6 is 0 Å². The Hall–Kier alpha value is -5.90. The maximum Gasteiger partial charge on any atom is 0.100 e. The molecule has 41 heavy (non-hydrogen) atoms. The third kappa shape index (κ3) is 4.14. The van der Waals surface area contributed by atoms with Gasteiger partial charge in [-0.3, -0.25) is 0 Å². The van der Waals surface area contributed by atoms with Gasteiger partial charge in [-0.2, -0.15) is 10.5 Å². The maximum atomic E-state index is 10.2. The van der Waals surface area contributed by atoms with E-state index in [1.54, 1.807) is 0 Å². The first-order chi connectivity index (χ1) is 20.2. The van der Waals surface area contributed by atoms with Gasteiger partial charge < -0.3 is 4.57 Å². The Labute approximate surface area is 238 Å². The first-order valence-corrected chi connectivity index (χ1v) is 13.5. The Morgan fingerprint density at radius 1 is 0.439 bits per heavy atom. The van der Waals surface area contributed by atoms with Crippen LogP contribution in [-0.4, -0.2) is 4.57 Å². The van der Waals surface area contributed by atoms with E-state index in [4.69, 9.17) is 0 Å². The highest BCUT2D eigenvalue weighted by Crippen LogP contribution is 2.36. The second-order valence-electron chi connectivity index (χ2n) is 10.0. The summed E-state index contributed by atoms with van der Waals surface area (Å²) in [5.41, 5.74) is 10.1. The Morgan fingerprint density at radius 2 is 1.02 bits per heavy atom. The first-order valence-electron chi connectivity index (χ1n) is 13.5. The van der Waals surface area contributed by atoms with Gasteiger partial charge in [0.15, 0.2) is 0 Å². The van der Waals surface area contributed by atoms with Gasteiger partial charge in [0.05, 0.1) is 28.2 Å². The zero-order chi connectivity index (χ0) is 27.8. The molecule has 0 aliphatic carbocycles. The van der Waals surface area contributed by atoms with Crippen molar-refractivity contribution >= 4 is 21.8 Å². The summed E-state index contributed by atoms with van der Waals surface area (Å²) in [4.78, 5) is 0. The monoisotopic (exact) mass is 521 g/mol. The van der Waals surface area contributed by atoms with Gasteiger partial charge >= 0.3 is 0 Å². The van der Waals surface area contributed by atoms with Crippen molar-refractivity contribution in [3.8, 4) is 51.2 Å². The smallest absolute Gasteiger partial charge is 0.100 e. The zero-order valence-electron chi connectivity index (χ0n) is 22.1. The zero-order valence-corrected chi connectivity index (χ0v) is 22.1. The van der Waals surface area contributed by atoms with Crippen molar-refractivity contribution in [2.75, 3.05) is 0 Å². The van der Waals surface area contributed by atoms with Crippen LogP contribution in [0.5, 0.6) is 0 Å². The Balaban J connectivity index is 1.40. The highest BCUT2D eigenvalue weighted by Gasteiger charge is 2.15. The second kappa shape index (κ2) is 10.0. The van der Waals surface area contributed by atoms with Gasteiger partial charge in [-0.25, -0.2) is 0 Å². The molecule has 0 radical (unpaired) electrons. The molecule has 0 bridgehead atoms. The van der Waals surface area contributed by atoms with Gasteiger partial charge in [0, 0.05) is 27.6 Å². The summed E-state index contributed by atoms with van der Waals surface area (Å²) in [7, 11) is 0. The number of nitrogens with zero attached hydrogens (tertiary/aromatic N) is 3. The summed E-state index contributed by atoms with van der Waals surface area (Å²) in [6.07, 6.45) is 0. The van der Waals surface area contributed by atoms with E-state index < -0.39 is 0 Å². The van der Waals surface area contributed by atoms with Crippen LogP contribution in [0.1, 0.15) is 11.1 Å². The van der Waals surface area contributed by atoms with Crippen molar-refractivity contribution < 1.29 is 0 Å². The summed E-state index contributed by atoms with van der Waals surface area (Å²) in [6, 6.07) is 51.8.